The third-order valence-electron chi connectivity index (χ3n) is 3.68. The van der Waals surface area contributed by atoms with Gasteiger partial charge in [-0.05, 0) is 18.6 Å². The van der Waals surface area contributed by atoms with Crippen molar-refractivity contribution in [3.8, 4) is 5.88 Å². The highest BCUT2D eigenvalue weighted by atomic mass is 32.1. The van der Waals surface area contributed by atoms with Gasteiger partial charge in [0.25, 0.3) is 0 Å². The predicted molar refractivity (Wildman–Crippen MR) is 81.1 cm³/mol. The van der Waals surface area contributed by atoms with Crippen LogP contribution in [0.1, 0.15) is 6.42 Å². The Kier molecular flexibility index (Phi) is 4.47. The van der Waals surface area contributed by atoms with Crippen molar-refractivity contribution < 1.29 is 9.47 Å². The molecule has 0 aromatic carbocycles. The molecule has 2 aromatic heterocycles. The van der Waals surface area contributed by atoms with Crippen LogP contribution in [-0.2, 0) is 11.3 Å². The van der Waals surface area contributed by atoms with Crippen molar-refractivity contribution in [1.29, 1.82) is 0 Å². The molecule has 1 aliphatic rings. The zero-order chi connectivity index (χ0) is 14.7. The Morgan fingerprint density at radius 3 is 2.90 bits per heavy atom. The Morgan fingerprint density at radius 1 is 1.33 bits per heavy atom. The second-order valence-electron chi connectivity index (χ2n) is 4.97. The second kappa shape index (κ2) is 6.50. The van der Waals surface area contributed by atoms with Crippen LogP contribution in [0.3, 0.4) is 0 Å². The molecule has 0 amide bonds. The largest absolute Gasteiger partial charge is 0.479 e. The number of hydrogen-bond acceptors (Lipinski definition) is 6. The summed E-state index contributed by atoms with van der Waals surface area (Å²) in [5.74, 6) is 0.526. The lowest BCUT2D eigenvalue weighted by molar-refractivity contribution is 0.0369. The number of aromatic nitrogens is 4. The summed E-state index contributed by atoms with van der Waals surface area (Å²) in [6.45, 7) is 5.55. The first-order valence-electron chi connectivity index (χ1n) is 7.07. The molecule has 0 saturated carbocycles. The monoisotopic (exact) mass is 309 g/mol. The van der Waals surface area contributed by atoms with Crippen LogP contribution in [0.2, 0.25) is 0 Å². The number of methoxy groups -OCH3 is 1. The molecular formula is C13H19N5O2S. The number of fused-ring (bicyclic) bond motifs is 1. The topological polar surface area (TPSA) is 68.2 Å². The van der Waals surface area contributed by atoms with Gasteiger partial charge in [0.05, 0.1) is 20.3 Å². The van der Waals surface area contributed by atoms with Crippen LogP contribution in [-0.4, -0.2) is 64.4 Å². The van der Waals surface area contributed by atoms with Crippen LogP contribution in [0, 0.1) is 4.77 Å². The van der Waals surface area contributed by atoms with Gasteiger partial charge in [-0.1, -0.05) is 0 Å². The van der Waals surface area contributed by atoms with E-state index in [9.17, 15) is 0 Å². The van der Waals surface area contributed by atoms with Gasteiger partial charge in [0, 0.05) is 26.2 Å². The summed E-state index contributed by atoms with van der Waals surface area (Å²) in [5, 5.41) is 0. The van der Waals surface area contributed by atoms with Crippen LogP contribution in [0.15, 0.2) is 6.33 Å². The maximum absolute atomic E-state index is 5.38. The molecule has 0 unspecified atom stereocenters. The number of hydrogen-bond donors (Lipinski definition) is 1. The molecule has 1 aliphatic heterocycles. The molecule has 1 N–H and O–H groups in total. The van der Waals surface area contributed by atoms with Gasteiger partial charge in [0.1, 0.15) is 11.8 Å². The van der Waals surface area contributed by atoms with Gasteiger partial charge in [-0.3, -0.25) is 4.90 Å². The van der Waals surface area contributed by atoms with Gasteiger partial charge in [0.2, 0.25) is 5.88 Å². The molecule has 8 heteroatoms. The lowest BCUT2D eigenvalue weighted by Crippen LogP contribution is -2.37. The van der Waals surface area contributed by atoms with E-state index in [0.717, 1.165) is 57.0 Å². The highest BCUT2D eigenvalue weighted by Gasteiger charge is 2.13. The average Bonchev–Trinajstić information content (AvgIpc) is 2.84. The molecular weight excluding hydrogens is 290 g/mol. The van der Waals surface area contributed by atoms with Crippen LogP contribution < -0.4 is 4.74 Å². The van der Waals surface area contributed by atoms with E-state index in [1.165, 1.54) is 6.33 Å². The number of aryl methyl sites for hydroxylation is 1. The fraction of sp³-hybridized carbons (Fsp3) is 0.615. The first kappa shape index (κ1) is 14.4. The first-order chi connectivity index (χ1) is 10.3. The zero-order valence-corrected chi connectivity index (χ0v) is 12.9. The number of H-pyrrole nitrogens is 1. The Bertz CT molecular complexity index is 662. The van der Waals surface area contributed by atoms with Crippen molar-refractivity contribution in [3.05, 3.63) is 11.1 Å². The Hall–Kier alpha value is -1.51. The van der Waals surface area contributed by atoms with Gasteiger partial charge in [0.15, 0.2) is 10.4 Å². The fourth-order valence-corrected chi connectivity index (χ4v) is 2.86. The highest BCUT2D eigenvalue weighted by Crippen LogP contribution is 2.20. The summed E-state index contributed by atoms with van der Waals surface area (Å²) < 4.78 is 13.3. The number of ether oxygens (including phenoxy) is 2. The van der Waals surface area contributed by atoms with E-state index < -0.39 is 0 Å². The molecule has 1 saturated heterocycles. The van der Waals surface area contributed by atoms with Crippen molar-refractivity contribution in [2.24, 2.45) is 0 Å². The number of nitrogens with zero attached hydrogens (tertiary/aromatic N) is 4. The maximum atomic E-state index is 5.38. The molecule has 3 rings (SSSR count). The van der Waals surface area contributed by atoms with E-state index in [1.54, 1.807) is 7.11 Å². The maximum Gasteiger partial charge on any atom is 0.242 e. The molecule has 0 spiro atoms. The summed E-state index contributed by atoms with van der Waals surface area (Å²) in [5.41, 5.74) is 1.56. The molecule has 1 fully saturated rings. The third-order valence-corrected chi connectivity index (χ3v) is 4.00. The predicted octanol–water partition coefficient (Wildman–Crippen LogP) is 1.22. The summed E-state index contributed by atoms with van der Waals surface area (Å²) in [7, 11) is 1.59. The van der Waals surface area contributed by atoms with Crippen LogP contribution in [0.4, 0.5) is 0 Å². The molecule has 3 heterocycles. The van der Waals surface area contributed by atoms with E-state index in [0.29, 0.717) is 10.7 Å². The van der Waals surface area contributed by atoms with Gasteiger partial charge in [-0.15, -0.1) is 0 Å². The van der Waals surface area contributed by atoms with Gasteiger partial charge < -0.3 is 19.0 Å². The standard InChI is InChI=1S/C13H19N5O2S/c1-19-12-10-11(14-9-15-12)18(13(21)16-10)4-2-3-17-5-7-20-8-6-17/h9H,2-8H2,1H3,(H,16,21). The van der Waals surface area contributed by atoms with Crippen molar-refractivity contribution in [1.82, 2.24) is 24.4 Å². The number of aromatic amines is 1. The Labute approximate surface area is 127 Å². The van der Waals surface area contributed by atoms with Crippen LogP contribution in [0.5, 0.6) is 5.88 Å². The van der Waals surface area contributed by atoms with Crippen molar-refractivity contribution in [2.45, 2.75) is 13.0 Å². The number of imidazole rings is 1. The summed E-state index contributed by atoms with van der Waals surface area (Å²) in [6.07, 6.45) is 2.52. The van der Waals surface area contributed by atoms with E-state index in [-0.39, 0.29) is 0 Å². The molecule has 0 bridgehead atoms. The first-order valence-corrected chi connectivity index (χ1v) is 7.48. The minimum absolute atomic E-state index is 0.526. The SMILES string of the molecule is COc1ncnc2c1[nH]c(=S)n2CCCN1CCOCC1. The normalized spacial score (nSPS) is 16.4. The summed E-state index contributed by atoms with van der Waals surface area (Å²) >= 11 is 5.38. The zero-order valence-electron chi connectivity index (χ0n) is 12.0. The molecule has 2 aromatic rings. The van der Waals surface area contributed by atoms with Gasteiger partial charge >= 0.3 is 0 Å². The Balaban J connectivity index is 1.71. The quantitative estimate of drug-likeness (QED) is 0.838. The van der Waals surface area contributed by atoms with Gasteiger partial charge in [-0.25, -0.2) is 4.98 Å². The molecule has 0 radical (unpaired) electrons. The van der Waals surface area contributed by atoms with E-state index >= 15 is 0 Å². The number of rotatable bonds is 5. The van der Waals surface area contributed by atoms with E-state index in [2.05, 4.69) is 19.9 Å². The molecule has 7 nitrogen and oxygen atoms in total. The van der Waals surface area contributed by atoms with E-state index in [4.69, 9.17) is 21.7 Å². The Morgan fingerprint density at radius 2 is 2.14 bits per heavy atom. The molecule has 21 heavy (non-hydrogen) atoms. The smallest absolute Gasteiger partial charge is 0.242 e. The fourth-order valence-electron chi connectivity index (χ4n) is 2.58. The van der Waals surface area contributed by atoms with Crippen molar-refractivity contribution in [3.63, 3.8) is 0 Å². The molecule has 0 aliphatic carbocycles. The lowest BCUT2D eigenvalue weighted by atomic mass is 10.3. The highest BCUT2D eigenvalue weighted by molar-refractivity contribution is 7.71. The number of nitrogens with one attached hydrogen (secondary N) is 1. The van der Waals surface area contributed by atoms with Crippen molar-refractivity contribution in [2.75, 3.05) is 40.0 Å². The molecule has 0 atom stereocenters. The van der Waals surface area contributed by atoms with E-state index in [1.807, 2.05) is 4.57 Å². The molecule has 114 valence electrons. The van der Waals surface area contributed by atoms with Crippen LogP contribution >= 0.6 is 12.2 Å². The minimum atomic E-state index is 0.526. The summed E-state index contributed by atoms with van der Waals surface area (Å²) in [6, 6.07) is 0. The van der Waals surface area contributed by atoms with Crippen LogP contribution in [0.25, 0.3) is 11.2 Å². The number of morpholine rings is 1. The van der Waals surface area contributed by atoms with Gasteiger partial charge in [-0.2, -0.15) is 4.98 Å². The lowest BCUT2D eigenvalue weighted by Gasteiger charge is -2.26. The van der Waals surface area contributed by atoms with Crippen molar-refractivity contribution >= 4 is 23.4 Å². The average molecular weight is 309 g/mol. The summed E-state index contributed by atoms with van der Waals surface area (Å²) in [4.78, 5) is 13.9. The minimum Gasteiger partial charge on any atom is -0.479 e. The third kappa shape index (κ3) is 3.07. The second-order valence-corrected chi connectivity index (χ2v) is 5.36.